The number of piperidine rings is 1. The summed E-state index contributed by atoms with van der Waals surface area (Å²) in [7, 11) is -1.94. The number of sulfonamides is 1. The van der Waals surface area contributed by atoms with Gasteiger partial charge >= 0.3 is 0 Å². The maximum absolute atomic E-state index is 12.7. The molecule has 0 radical (unpaired) electrons. The van der Waals surface area contributed by atoms with Crippen LogP contribution in [0.3, 0.4) is 0 Å². The van der Waals surface area contributed by atoms with Crippen molar-refractivity contribution in [2.75, 3.05) is 18.0 Å². The Hall–Kier alpha value is -2.00. The Bertz CT molecular complexity index is 900. The summed E-state index contributed by atoms with van der Waals surface area (Å²) in [4.78, 5) is 11.4. The van der Waals surface area contributed by atoms with Gasteiger partial charge in [0, 0.05) is 31.9 Å². The van der Waals surface area contributed by atoms with E-state index in [1.807, 2.05) is 13.0 Å². The highest BCUT2D eigenvalue weighted by molar-refractivity contribution is 7.89. The molecule has 1 aliphatic rings. The molecule has 26 heavy (non-hydrogen) atoms. The van der Waals surface area contributed by atoms with Crippen molar-refractivity contribution in [3.63, 3.8) is 0 Å². The predicted octanol–water partition coefficient (Wildman–Crippen LogP) is 1.60. The summed E-state index contributed by atoms with van der Waals surface area (Å²) in [5, 5.41) is 4.18. The molecule has 0 aliphatic carbocycles. The van der Waals surface area contributed by atoms with Crippen LogP contribution in [0.4, 0.5) is 5.82 Å². The third kappa shape index (κ3) is 3.88. The normalized spacial score (nSPS) is 15.5. The molecular weight excluding hydrogens is 352 g/mol. The molecule has 8 nitrogen and oxygen atoms in total. The monoisotopic (exact) mass is 378 g/mol. The number of aryl methyl sites for hydroxylation is 3. The van der Waals surface area contributed by atoms with Crippen molar-refractivity contribution in [2.45, 2.75) is 51.5 Å². The van der Waals surface area contributed by atoms with Gasteiger partial charge in [0.2, 0.25) is 10.0 Å². The Balaban J connectivity index is 1.79. The molecule has 142 valence electrons. The minimum atomic E-state index is -3.68. The van der Waals surface area contributed by atoms with Gasteiger partial charge < -0.3 is 4.90 Å². The number of hydrogen-bond acceptors (Lipinski definition) is 6. The molecule has 0 atom stereocenters. The first-order chi connectivity index (χ1) is 12.3. The standard InChI is InChI=1S/C17H26N6O2S/c1-12-10-16(23-8-6-5-7-9-23)20-15(19-12)11-18-26(24,25)17-13(2)21-22(4)14(17)3/h10,18H,5-9,11H2,1-4H3. The van der Waals surface area contributed by atoms with Crippen LogP contribution in [0, 0.1) is 20.8 Å². The zero-order valence-electron chi connectivity index (χ0n) is 15.8. The molecule has 0 aromatic carbocycles. The number of rotatable bonds is 5. The summed E-state index contributed by atoms with van der Waals surface area (Å²) < 4.78 is 29.6. The van der Waals surface area contributed by atoms with Crippen molar-refractivity contribution in [1.82, 2.24) is 24.5 Å². The third-order valence-electron chi connectivity index (χ3n) is 4.70. The molecular formula is C17H26N6O2S. The summed E-state index contributed by atoms with van der Waals surface area (Å²) in [6.07, 6.45) is 3.56. The van der Waals surface area contributed by atoms with Crippen LogP contribution in [-0.2, 0) is 23.6 Å². The Morgan fingerprint density at radius 3 is 2.42 bits per heavy atom. The van der Waals surface area contributed by atoms with E-state index < -0.39 is 10.0 Å². The molecule has 0 amide bonds. The summed E-state index contributed by atoms with van der Waals surface area (Å²) in [5.74, 6) is 1.36. The van der Waals surface area contributed by atoms with Crippen LogP contribution in [0.25, 0.3) is 0 Å². The fraction of sp³-hybridized carbons (Fsp3) is 0.588. The molecule has 1 N–H and O–H groups in total. The molecule has 3 heterocycles. The SMILES string of the molecule is Cc1cc(N2CCCCC2)nc(CNS(=O)(=O)c2c(C)nn(C)c2C)n1. The van der Waals surface area contributed by atoms with Crippen LogP contribution in [0.15, 0.2) is 11.0 Å². The molecule has 1 saturated heterocycles. The quantitative estimate of drug-likeness (QED) is 0.850. The van der Waals surface area contributed by atoms with Crippen molar-refractivity contribution in [2.24, 2.45) is 7.05 Å². The lowest BCUT2D eigenvalue weighted by Crippen LogP contribution is -2.31. The van der Waals surface area contributed by atoms with Crippen LogP contribution in [0.5, 0.6) is 0 Å². The second-order valence-corrected chi connectivity index (χ2v) is 8.48. The minimum absolute atomic E-state index is 0.0542. The topological polar surface area (TPSA) is 93.0 Å². The van der Waals surface area contributed by atoms with E-state index in [1.54, 1.807) is 25.6 Å². The Kier molecular flexibility index (Phi) is 5.29. The zero-order valence-corrected chi connectivity index (χ0v) is 16.6. The number of anilines is 1. The van der Waals surface area contributed by atoms with Gasteiger partial charge in [-0.1, -0.05) is 0 Å². The molecule has 0 bridgehead atoms. The first-order valence-corrected chi connectivity index (χ1v) is 10.4. The van der Waals surface area contributed by atoms with Gasteiger partial charge in [-0.05, 0) is 40.0 Å². The largest absolute Gasteiger partial charge is 0.357 e. The van der Waals surface area contributed by atoms with E-state index in [0.717, 1.165) is 37.4 Å². The lowest BCUT2D eigenvalue weighted by molar-refractivity contribution is 0.568. The highest BCUT2D eigenvalue weighted by Crippen LogP contribution is 2.20. The number of nitrogens with one attached hydrogen (secondary N) is 1. The molecule has 2 aromatic heterocycles. The van der Waals surface area contributed by atoms with Crippen molar-refractivity contribution in [1.29, 1.82) is 0 Å². The van der Waals surface area contributed by atoms with Gasteiger partial charge in [-0.15, -0.1) is 0 Å². The Labute approximate surface area is 154 Å². The molecule has 0 saturated carbocycles. The third-order valence-corrected chi connectivity index (χ3v) is 6.35. The highest BCUT2D eigenvalue weighted by atomic mass is 32.2. The predicted molar refractivity (Wildman–Crippen MR) is 99.5 cm³/mol. The van der Waals surface area contributed by atoms with E-state index in [9.17, 15) is 8.42 Å². The van der Waals surface area contributed by atoms with E-state index in [-0.39, 0.29) is 11.4 Å². The summed E-state index contributed by atoms with van der Waals surface area (Å²) >= 11 is 0. The number of nitrogens with zero attached hydrogens (tertiary/aromatic N) is 5. The molecule has 1 aliphatic heterocycles. The van der Waals surface area contributed by atoms with Crippen LogP contribution < -0.4 is 9.62 Å². The Morgan fingerprint density at radius 1 is 1.12 bits per heavy atom. The summed E-state index contributed by atoms with van der Waals surface area (Å²) in [6, 6.07) is 1.96. The van der Waals surface area contributed by atoms with E-state index in [2.05, 4.69) is 24.7 Å². The average Bonchev–Trinajstić information content (AvgIpc) is 2.86. The van der Waals surface area contributed by atoms with E-state index >= 15 is 0 Å². The van der Waals surface area contributed by atoms with Crippen LogP contribution in [0.1, 0.15) is 42.2 Å². The van der Waals surface area contributed by atoms with Gasteiger partial charge in [-0.2, -0.15) is 5.10 Å². The molecule has 0 unspecified atom stereocenters. The Morgan fingerprint density at radius 2 is 1.81 bits per heavy atom. The second kappa shape index (κ2) is 7.32. The maximum Gasteiger partial charge on any atom is 0.244 e. The van der Waals surface area contributed by atoms with Crippen LogP contribution in [-0.4, -0.2) is 41.3 Å². The molecule has 2 aromatic rings. The van der Waals surface area contributed by atoms with Crippen LogP contribution >= 0.6 is 0 Å². The molecule has 0 spiro atoms. The lowest BCUT2D eigenvalue weighted by atomic mass is 10.1. The number of aromatic nitrogens is 4. The number of hydrogen-bond donors (Lipinski definition) is 1. The van der Waals surface area contributed by atoms with Gasteiger partial charge in [-0.25, -0.2) is 23.1 Å². The lowest BCUT2D eigenvalue weighted by Gasteiger charge is -2.28. The summed E-state index contributed by atoms with van der Waals surface area (Å²) in [6.45, 7) is 7.36. The fourth-order valence-electron chi connectivity index (χ4n) is 3.35. The van der Waals surface area contributed by atoms with Crippen molar-refractivity contribution in [3.05, 3.63) is 29.0 Å². The molecule has 3 rings (SSSR count). The smallest absolute Gasteiger partial charge is 0.244 e. The van der Waals surface area contributed by atoms with Crippen LogP contribution in [0.2, 0.25) is 0 Å². The molecule has 1 fully saturated rings. The average molecular weight is 379 g/mol. The fourth-order valence-corrected chi connectivity index (χ4v) is 4.77. The van der Waals surface area contributed by atoms with E-state index in [0.29, 0.717) is 17.2 Å². The second-order valence-electron chi connectivity index (χ2n) is 6.78. The summed E-state index contributed by atoms with van der Waals surface area (Å²) in [5.41, 5.74) is 1.93. The minimum Gasteiger partial charge on any atom is -0.357 e. The first kappa shape index (κ1) is 18.8. The van der Waals surface area contributed by atoms with Gasteiger partial charge in [0.25, 0.3) is 0 Å². The maximum atomic E-state index is 12.7. The van der Waals surface area contributed by atoms with Crippen molar-refractivity contribution in [3.8, 4) is 0 Å². The van der Waals surface area contributed by atoms with Crippen molar-refractivity contribution >= 4 is 15.8 Å². The molecule has 9 heteroatoms. The van der Waals surface area contributed by atoms with E-state index in [4.69, 9.17) is 0 Å². The van der Waals surface area contributed by atoms with Gasteiger partial charge in [0.1, 0.15) is 16.5 Å². The highest BCUT2D eigenvalue weighted by Gasteiger charge is 2.24. The van der Waals surface area contributed by atoms with Crippen molar-refractivity contribution < 1.29 is 8.42 Å². The zero-order chi connectivity index (χ0) is 18.9. The van der Waals surface area contributed by atoms with E-state index in [1.165, 1.54) is 6.42 Å². The van der Waals surface area contributed by atoms with Gasteiger partial charge in [0.15, 0.2) is 0 Å². The van der Waals surface area contributed by atoms with Gasteiger partial charge in [0.05, 0.1) is 17.9 Å². The first-order valence-electron chi connectivity index (χ1n) is 8.87. The van der Waals surface area contributed by atoms with Gasteiger partial charge in [-0.3, -0.25) is 4.68 Å².